The van der Waals surface area contributed by atoms with Gasteiger partial charge in [0.05, 0.1) is 12.2 Å². The smallest absolute Gasteiger partial charge is 0.170 e. The van der Waals surface area contributed by atoms with Crippen molar-refractivity contribution in [3.63, 3.8) is 0 Å². The van der Waals surface area contributed by atoms with Crippen molar-refractivity contribution in [2.45, 2.75) is 32.4 Å². The number of aryl methyl sites for hydroxylation is 1. The highest BCUT2D eigenvalue weighted by molar-refractivity contribution is 9.10. The van der Waals surface area contributed by atoms with Crippen LogP contribution >= 0.6 is 15.9 Å². The van der Waals surface area contributed by atoms with Gasteiger partial charge in [0.2, 0.25) is 0 Å². The van der Waals surface area contributed by atoms with Crippen LogP contribution in [-0.2, 0) is 6.54 Å². The predicted octanol–water partition coefficient (Wildman–Crippen LogP) is 1.99. The number of hydrogen-bond acceptors (Lipinski definition) is 4. The molecule has 0 radical (unpaired) electrons. The highest BCUT2D eigenvalue weighted by atomic mass is 79.9. The Kier molecular flexibility index (Phi) is 3.13. The van der Waals surface area contributed by atoms with Crippen LogP contribution in [0.3, 0.4) is 0 Å². The molecule has 1 N–H and O–H groups in total. The van der Waals surface area contributed by atoms with E-state index in [1.807, 2.05) is 12.1 Å². The average molecular weight is 308 g/mol. The fourth-order valence-corrected chi connectivity index (χ4v) is 2.25. The third-order valence-corrected chi connectivity index (χ3v) is 4.09. The summed E-state index contributed by atoms with van der Waals surface area (Å²) in [5, 5.41) is 15.3. The molecule has 6 heteroatoms. The number of rotatable bonds is 4. The lowest BCUT2D eigenvalue weighted by atomic mass is 10.2. The van der Waals surface area contributed by atoms with Gasteiger partial charge in [-0.1, -0.05) is 12.1 Å². The van der Waals surface area contributed by atoms with Crippen LogP contribution in [0.5, 0.6) is 0 Å². The highest BCUT2D eigenvalue weighted by Crippen LogP contribution is 2.25. The number of nitrogens with zero attached hydrogens (tertiary/aromatic N) is 4. The molecule has 18 heavy (non-hydrogen) atoms. The van der Waals surface area contributed by atoms with Crippen molar-refractivity contribution in [2.75, 3.05) is 0 Å². The molecule has 94 valence electrons. The van der Waals surface area contributed by atoms with Gasteiger partial charge in [0.15, 0.2) is 5.82 Å². The molecule has 1 aromatic heterocycles. The monoisotopic (exact) mass is 307 g/mol. The minimum atomic E-state index is 0.649. The second-order valence-electron chi connectivity index (χ2n) is 4.57. The lowest BCUT2D eigenvalue weighted by Gasteiger charge is -2.08. The SMILES string of the molecule is Cc1cccc(-n2nnnc2CNC2CC2)c1Br. The number of halogens is 1. The van der Waals surface area contributed by atoms with Gasteiger partial charge >= 0.3 is 0 Å². The first-order chi connectivity index (χ1) is 8.75. The first kappa shape index (κ1) is 11.8. The maximum Gasteiger partial charge on any atom is 0.170 e. The number of hydrogen-bond donors (Lipinski definition) is 1. The Bertz CT molecular complexity index is 561. The summed E-state index contributed by atoms with van der Waals surface area (Å²) in [5.41, 5.74) is 2.15. The van der Waals surface area contributed by atoms with Crippen LogP contribution < -0.4 is 5.32 Å². The molecule has 0 atom stereocenters. The van der Waals surface area contributed by atoms with E-state index in [9.17, 15) is 0 Å². The Morgan fingerprint density at radius 3 is 3.06 bits per heavy atom. The van der Waals surface area contributed by atoms with E-state index in [-0.39, 0.29) is 0 Å². The molecular formula is C12H14BrN5. The minimum absolute atomic E-state index is 0.649. The number of nitrogens with one attached hydrogen (secondary N) is 1. The van der Waals surface area contributed by atoms with Gasteiger partial charge in [0.25, 0.3) is 0 Å². The highest BCUT2D eigenvalue weighted by Gasteiger charge is 2.21. The summed E-state index contributed by atoms with van der Waals surface area (Å²) in [6, 6.07) is 6.72. The van der Waals surface area contributed by atoms with Gasteiger partial charge in [0.1, 0.15) is 0 Å². The summed E-state index contributed by atoms with van der Waals surface area (Å²) in [6.45, 7) is 2.76. The zero-order valence-electron chi connectivity index (χ0n) is 10.1. The van der Waals surface area contributed by atoms with Crippen LogP contribution in [0.2, 0.25) is 0 Å². The van der Waals surface area contributed by atoms with E-state index in [1.165, 1.54) is 18.4 Å². The van der Waals surface area contributed by atoms with Crippen LogP contribution in [0, 0.1) is 6.92 Å². The molecular weight excluding hydrogens is 294 g/mol. The predicted molar refractivity (Wildman–Crippen MR) is 71.5 cm³/mol. The molecule has 1 aromatic carbocycles. The maximum atomic E-state index is 4.08. The summed E-state index contributed by atoms with van der Waals surface area (Å²) >= 11 is 3.59. The minimum Gasteiger partial charge on any atom is -0.307 e. The van der Waals surface area contributed by atoms with Gasteiger partial charge in [-0.05, 0) is 57.8 Å². The molecule has 0 aliphatic heterocycles. The molecule has 0 unspecified atom stereocenters. The summed E-state index contributed by atoms with van der Waals surface area (Å²) in [6.07, 6.45) is 2.52. The van der Waals surface area contributed by atoms with E-state index in [1.54, 1.807) is 4.68 Å². The second kappa shape index (κ2) is 4.78. The van der Waals surface area contributed by atoms with Crippen molar-refractivity contribution in [1.82, 2.24) is 25.5 Å². The molecule has 1 heterocycles. The topological polar surface area (TPSA) is 55.6 Å². The lowest BCUT2D eigenvalue weighted by molar-refractivity contribution is 0.637. The first-order valence-electron chi connectivity index (χ1n) is 6.02. The normalized spacial score (nSPS) is 15.0. The zero-order chi connectivity index (χ0) is 12.5. The van der Waals surface area contributed by atoms with E-state index in [0.717, 1.165) is 16.0 Å². The van der Waals surface area contributed by atoms with Crippen molar-refractivity contribution in [3.8, 4) is 5.69 Å². The van der Waals surface area contributed by atoms with E-state index < -0.39 is 0 Å². The molecule has 2 aromatic rings. The van der Waals surface area contributed by atoms with Gasteiger partial charge < -0.3 is 5.32 Å². The van der Waals surface area contributed by atoms with Gasteiger partial charge in [0, 0.05) is 10.5 Å². The molecule has 0 spiro atoms. The standard InChI is InChI=1S/C12H14BrN5/c1-8-3-2-4-10(12(8)13)18-11(15-16-17-18)7-14-9-5-6-9/h2-4,9,14H,5-7H2,1H3. The van der Waals surface area contributed by atoms with Gasteiger partial charge in [-0.15, -0.1) is 5.10 Å². The summed E-state index contributed by atoms with van der Waals surface area (Å²) < 4.78 is 2.82. The van der Waals surface area contributed by atoms with E-state index in [0.29, 0.717) is 12.6 Å². The van der Waals surface area contributed by atoms with Crippen molar-refractivity contribution in [1.29, 1.82) is 0 Å². The van der Waals surface area contributed by atoms with Crippen LogP contribution in [0.4, 0.5) is 0 Å². The fraction of sp³-hybridized carbons (Fsp3) is 0.417. The number of tetrazole rings is 1. The summed E-state index contributed by atoms with van der Waals surface area (Å²) in [5.74, 6) is 0.841. The molecule has 1 fully saturated rings. The van der Waals surface area contributed by atoms with Gasteiger partial charge in [-0.3, -0.25) is 0 Å². The van der Waals surface area contributed by atoms with E-state index >= 15 is 0 Å². The molecule has 0 bridgehead atoms. The van der Waals surface area contributed by atoms with Crippen LogP contribution in [0.1, 0.15) is 24.2 Å². The Hall–Kier alpha value is -1.27. The Morgan fingerprint density at radius 1 is 1.44 bits per heavy atom. The first-order valence-corrected chi connectivity index (χ1v) is 6.81. The zero-order valence-corrected chi connectivity index (χ0v) is 11.7. The molecule has 0 saturated heterocycles. The maximum absolute atomic E-state index is 4.08. The summed E-state index contributed by atoms with van der Waals surface area (Å²) in [4.78, 5) is 0. The fourth-order valence-electron chi connectivity index (χ4n) is 1.82. The molecule has 3 rings (SSSR count). The average Bonchev–Trinajstić information content (AvgIpc) is 3.08. The van der Waals surface area contributed by atoms with E-state index in [2.05, 4.69) is 49.8 Å². The van der Waals surface area contributed by atoms with Crippen LogP contribution in [-0.4, -0.2) is 26.2 Å². The quantitative estimate of drug-likeness (QED) is 0.938. The van der Waals surface area contributed by atoms with Crippen molar-refractivity contribution < 1.29 is 0 Å². The Labute approximate surface area is 114 Å². The largest absolute Gasteiger partial charge is 0.307 e. The third-order valence-electron chi connectivity index (χ3n) is 3.06. The van der Waals surface area contributed by atoms with Crippen molar-refractivity contribution in [2.24, 2.45) is 0 Å². The van der Waals surface area contributed by atoms with E-state index in [4.69, 9.17) is 0 Å². The molecule has 1 aliphatic rings. The lowest BCUT2D eigenvalue weighted by Crippen LogP contribution is -2.19. The molecule has 5 nitrogen and oxygen atoms in total. The second-order valence-corrected chi connectivity index (χ2v) is 5.36. The Morgan fingerprint density at radius 2 is 2.28 bits per heavy atom. The van der Waals surface area contributed by atoms with Crippen LogP contribution in [0.15, 0.2) is 22.7 Å². The summed E-state index contributed by atoms with van der Waals surface area (Å²) in [7, 11) is 0. The number of benzene rings is 1. The van der Waals surface area contributed by atoms with Gasteiger partial charge in [-0.2, -0.15) is 4.68 Å². The number of aromatic nitrogens is 4. The van der Waals surface area contributed by atoms with Gasteiger partial charge in [-0.25, -0.2) is 0 Å². The third kappa shape index (κ3) is 2.30. The molecule has 1 aliphatic carbocycles. The Balaban J connectivity index is 1.90. The molecule has 1 saturated carbocycles. The molecule has 0 amide bonds. The van der Waals surface area contributed by atoms with Crippen molar-refractivity contribution >= 4 is 15.9 Å². The van der Waals surface area contributed by atoms with Crippen molar-refractivity contribution in [3.05, 3.63) is 34.1 Å². The van der Waals surface area contributed by atoms with Crippen LogP contribution in [0.25, 0.3) is 5.69 Å².